The smallest absolute Gasteiger partial charge is 0.319 e. The van der Waals surface area contributed by atoms with Crippen LogP contribution in [0.4, 0.5) is 29.7 Å². The summed E-state index contributed by atoms with van der Waals surface area (Å²) < 4.78 is 52.6. The summed E-state index contributed by atoms with van der Waals surface area (Å²) in [5.41, 5.74) is 6.11. The number of aromatic nitrogens is 2. The number of ether oxygens (including phenoxy) is 1. The fourth-order valence-electron chi connectivity index (χ4n) is 7.62. The molecule has 3 aliphatic rings. The summed E-state index contributed by atoms with van der Waals surface area (Å²) >= 11 is 0.951. The van der Waals surface area contributed by atoms with E-state index in [1.165, 1.54) is 18.2 Å². The van der Waals surface area contributed by atoms with E-state index in [1.54, 1.807) is 17.0 Å². The maximum absolute atomic E-state index is 16.9. The van der Waals surface area contributed by atoms with Crippen LogP contribution < -0.4 is 15.4 Å². The van der Waals surface area contributed by atoms with Crippen molar-refractivity contribution in [1.29, 1.82) is 0 Å². The number of hydrogen-bond donors (Lipinski definition) is 1. The van der Waals surface area contributed by atoms with E-state index < -0.39 is 23.3 Å². The van der Waals surface area contributed by atoms with Gasteiger partial charge in [0, 0.05) is 54.5 Å². The van der Waals surface area contributed by atoms with E-state index in [1.807, 2.05) is 18.7 Å². The van der Waals surface area contributed by atoms with Gasteiger partial charge in [0.15, 0.2) is 5.82 Å². The van der Waals surface area contributed by atoms with Crippen LogP contribution in [0.3, 0.4) is 0 Å². The zero-order chi connectivity index (χ0) is 33.2. The highest BCUT2D eigenvalue weighted by molar-refractivity contribution is 7.23. The van der Waals surface area contributed by atoms with E-state index in [4.69, 9.17) is 22.0 Å². The van der Waals surface area contributed by atoms with Crippen LogP contribution in [-0.4, -0.2) is 82.3 Å². The van der Waals surface area contributed by atoms with Crippen molar-refractivity contribution in [1.82, 2.24) is 19.8 Å². The topological polar surface area (TPSA) is 92.2 Å². The van der Waals surface area contributed by atoms with Crippen LogP contribution >= 0.6 is 11.3 Å². The summed E-state index contributed by atoms with van der Waals surface area (Å²) in [7, 11) is 0. The van der Waals surface area contributed by atoms with Crippen LogP contribution in [0, 0.1) is 18.2 Å². The molecule has 2 N–H and O–H groups in total. The molecule has 0 bridgehead atoms. The fraction of sp³-hybridized carbons (Fsp3) is 0.412. The molecule has 0 saturated carbocycles. The standard InChI is InChI=1S/C34H34F3N7O2S/c1-5-25(45)43-14-19(3)44(15-18(43)2)32-23-8-7-22(21-9-10-24(36)30-26(21)29(39-4)31(38)47-30)27(37)28(23)40-33(41-32)46-17-34-11-6-12-42(34)16-20(35)13-34/h5,7-10,18-20H,1,6,11-17,38H2,2-3H3/t18-,19+,20-,34+/m1/s1. The van der Waals surface area contributed by atoms with E-state index in [0.29, 0.717) is 42.8 Å². The summed E-state index contributed by atoms with van der Waals surface area (Å²) in [6.45, 7) is 17.3. The van der Waals surface area contributed by atoms with Crippen LogP contribution in [0.25, 0.3) is 37.0 Å². The number of alkyl halides is 1. The molecular weight excluding hydrogens is 627 g/mol. The third-order valence-corrected chi connectivity index (χ3v) is 10.9. The van der Waals surface area contributed by atoms with Gasteiger partial charge in [-0.3, -0.25) is 9.69 Å². The van der Waals surface area contributed by atoms with E-state index in [-0.39, 0.29) is 62.5 Å². The van der Waals surface area contributed by atoms with Crippen molar-refractivity contribution >= 4 is 54.7 Å². The predicted molar refractivity (Wildman–Crippen MR) is 178 cm³/mol. The van der Waals surface area contributed by atoms with Crippen molar-refractivity contribution < 1.29 is 22.7 Å². The second-order valence-electron chi connectivity index (χ2n) is 12.8. The minimum atomic E-state index is -0.942. The minimum Gasteiger partial charge on any atom is -0.461 e. The first-order chi connectivity index (χ1) is 22.5. The lowest BCUT2D eigenvalue weighted by atomic mass is 9.95. The predicted octanol–water partition coefficient (Wildman–Crippen LogP) is 6.49. The number of anilines is 2. The molecular formula is C34H34F3N7O2S. The first-order valence-corrected chi connectivity index (χ1v) is 16.5. The highest BCUT2D eigenvalue weighted by Gasteiger charge is 2.49. The number of halogens is 3. The maximum Gasteiger partial charge on any atom is 0.319 e. The van der Waals surface area contributed by atoms with Crippen LogP contribution in [0.2, 0.25) is 0 Å². The van der Waals surface area contributed by atoms with Gasteiger partial charge in [0.1, 0.15) is 29.9 Å². The fourth-order valence-corrected chi connectivity index (χ4v) is 8.56. The molecule has 2 aromatic heterocycles. The van der Waals surface area contributed by atoms with E-state index in [0.717, 1.165) is 30.7 Å². The number of benzene rings is 2. The molecule has 2 aromatic carbocycles. The Morgan fingerprint density at radius 2 is 1.98 bits per heavy atom. The Hall–Kier alpha value is -4.41. The Morgan fingerprint density at radius 1 is 1.19 bits per heavy atom. The number of amides is 1. The highest BCUT2D eigenvalue weighted by atomic mass is 32.1. The molecule has 7 rings (SSSR count). The van der Waals surface area contributed by atoms with Crippen molar-refractivity contribution in [3.8, 4) is 17.1 Å². The van der Waals surface area contributed by atoms with Crippen LogP contribution in [0.5, 0.6) is 6.01 Å². The number of carbonyl (C=O) groups excluding carboxylic acids is 1. The average Bonchev–Trinajstić information content (AvgIpc) is 3.70. The van der Waals surface area contributed by atoms with Gasteiger partial charge >= 0.3 is 6.01 Å². The Kier molecular flexibility index (Phi) is 7.75. The molecule has 1 amide bonds. The summed E-state index contributed by atoms with van der Waals surface area (Å²) in [6, 6.07) is 5.57. The molecule has 9 nitrogen and oxygen atoms in total. The lowest BCUT2D eigenvalue weighted by molar-refractivity contribution is -0.128. The van der Waals surface area contributed by atoms with E-state index in [9.17, 15) is 13.6 Å². The van der Waals surface area contributed by atoms with Gasteiger partial charge in [-0.15, -0.1) is 11.3 Å². The van der Waals surface area contributed by atoms with E-state index in [2.05, 4.69) is 21.3 Å². The highest BCUT2D eigenvalue weighted by Crippen LogP contribution is 2.48. The maximum atomic E-state index is 16.9. The number of rotatable bonds is 6. The first kappa shape index (κ1) is 31.2. The van der Waals surface area contributed by atoms with Gasteiger partial charge in [0.25, 0.3) is 0 Å². The molecule has 5 heterocycles. The minimum absolute atomic E-state index is 0.00689. The number of hydrogen-bond acceptors (Lipinski definition) is 8. The molecule has 3 saturated heterocycles. The zero-order valence-corrected chi connectivity index (χ0v) is 26.9. The zero-order valence-electron chi connectivity index (χ0n) is 26.1. The van der Waals surface area contributed by atoms with Crippen molar-refractivity contribution in [2.45, 2.75) is 56.9 Å². The Morgan fingerprint density at radius 3 is 2.74 bits per heavy atom. The summed E-state index contributed by atoms with van der Waals surface area (Å²) in [5, 5.41) is 0.835. The molecule has 13 heteroatoms. The molecule has 0 spiro atoms. The normalized spacial score (nSPS) is 24.6. The third-order valence-electron chi connectivity index (χ3n) is 9.91. The summed E-state index contributed by atoms with van der Waals surface area (Å²) in [6.07, 6.45) is 2.43. The SMILES string of the molecule is [C-]#[N+]c1c(N)sc2c(F)ccc(-c3ccc4c(N5C[C@@H](C)N(C(=O)C=C)C[C@@H]5C)nc(OC[C@@]56CCCN5C[C@H](F)C6)nc4c3F)c12. The van der Waals surface area contributed by atoms with Gasteiger partial charge in [-0.2, -0.15) is 9.97 Å². The molecule has 244 valence electrons. The number of piperazine rings is 1. The third kappa shape index (κ3) is 5.05. The van der Waals surface area contributed by atoms with Gasteiger partial charge in [-0.05, 0) is 57.0 Å². The van der Waals surface area contributed by atoms with Crippen molar-refractivity contribution in [3.05, 3.63) is 60.0 Å². The van der Waals surface area contributed by atoms with Gasteiger partial charge in [-0.1, -0.05) is 18.7 Å². The first-order valence-electron chi connectivity index (χ1n) is 15.7. The van der Waals surface area contributed by atoms with Gasteiger partial charge in [0.05, 0.1) is 21.8 Å². The lowest BCUT2D eigenvalue weighted by Crippen LogP contribution is -2.58. The molecule has 0 unspecified atom stereocenters. The van der Waals surface area contributed by atoms with Gasteiger partial charge < -0.3 is 20.3 Å². The number of nitrogens with zero attached hydrogens (tertiary/aromatic N) is 6. The molecule has 4 atom stereocenters. The van der Waals surface area contributed by atoms with Crippen LogP contribution in [0.15, 0.2) is 36.9 Å². The molecule has 0 radical (unpaired) electrons. The number of carbonyl (C=O) groups is 1. The Balaban J connectivity index is 1.36. The van der Waals surface area contributed by atoms with Crippen LogP contribution in [0.1, 0.15) is 33.1 Å². The molecule has 3 aliphatic heterocycles. The number of nitrogen functional groups attached to an aromatic ring is 1. The second kappa shape index (κ2) is 11.7. The largest absolute Gasteiger partial charge is 0.461 e. The van der Waals surface area contributed by atoms with Gasteiger partial charge in [-0.25, -0.2) is 18.0 Å². The van der Waals surface area contributed by atoms with Crippen LogP contribution in [-0.2, 0) is 4.79 Å². The lowest BCUT2D eigenvalue weighted by Gasteiger charge is -2.44. The van der Waals surface area contributed by atoms with Crippen molar-refractivity contribution in [3.63, 3.8) is 0 Å². The Labute approximate surface area is 274 Å². The van der Waals surface area contributed by atoms with Crippen molar-refractivity contribution in [2.75, 3.05) is 43.4 Å². The molecule has 4 aromatic rings. The molecule has 3 fully saturated rings. The number of thiophene rings is 1. The second-order valence-corrected chi connectivity index (χ2v) is 13.8. The molecule has 47 heavy (non-hydrogen) atoms. The summed E-state index contributed by atoms with van der Waals surface area (Å²) in [4.78, 5) is 31.4. The van der Waals surface area contributed by atoms with Gasteiger partial charge in [0.2, 0.25) is 11.6 Å². The monoisotopic (exact) mass is 661 g/mol. The average molecular weight is 662 g/mol. The number of nitrogens with two attached hydrogens (primary N) is 1. The molecule has 0 aliphatic carbocycles. The Bertz CT molecular complexity index is 1980. The quantitative estimate of drug-likeness (QED) is 0.187. The van der Waals surface area contributed by atoms with E-state index >= 15 is 4.39 Å². The number of fused-ring (bicyclic) bond motifs is 3. The van der Waals surface area contributed by atoms with Crippen molar-refractivity contribution in [2.24, 2.45) is 0 Å². The summed E-state index contributed by atoms with van der Waals surface area (Å²) in [5.74, 6) is -0.951.